The number of hydrogen-bond donors (Lipinski definition) is 0. The van der Waals surface area contributed by atoms with Crippen LogP contribution in [0.5, 0.6) is 0 Å². The minimum atomic E-state index is 0.884. The van der Waals surface area contributed by atoms with Crippen molar-refractivity contribution in [1.82, 2.24) is 0 Å². The Kier molecular flexibility index (Phi) is 4.93. The second kappa shape index (κ2) is 4.90. The summed E-state index contributed by atoms with van der Waals surface area (Å²) in [5.74, 6) is 0.968. The Hall–Kier alpha value is 0.0649. The summed E-state index contributed by atoms with van der Waals surface area (Å²) in [6.07, 6.45) is 4.11. The van der Waals surface area contributed by atoms with Crippen LogP contribution in [0, 0.1) is 0 Å². The van der Waals surface area contributed by atoms with E-state index in [2.05, 4.69) is 27.5 Å². The molecule has 1 heteroatoms. The number of rotatable bonds is 4. The van der Waals surface area contributed by atoms with Gasteiger partial charge in [-0.25, -0.2) is 0 Å². The summed E-state index contributed by atoms with van der Waals surface area (Å²) in [4.78, 5) is 0. The van der Waals surface area contributed by atoms with Crippen LogP contribution in [0.15, 0.2) is 0 Å². The smallest absolute Gasteiger partial charge is 0.0861 e. The fourth-order valence-corrected chi connectivity index (χ4v) is 1.38. The average molecular weight is 126 g/mol. The molecular formula is C8H19B. The highest BCUT2D eigenvalue weighted by Gasteiger charge is 2.11. The Balaban J connectivity index is 3.41. The summed E-state index contributed by atoms with van der Waals surface area (Å²) >= 11 is 0. The summed E-state index contributed by atoms with van der Waals surface area (Å²) in [6, 6.07) is 0. The van der Waals surface area contributed by atoms with Crippen LogP contribution in [-0.4, -0.2) is 6.71 Å². The van der Waals surface area contributed by atoms with Gasteiger partial charge in [-0.15, -0.1) is 0 Å². The Bertz CT molecular complexity index is 59.6. The Morgan fingerprint density at radius 1 is 1.22 bits per heavy atom. The molecule has 0 N–H and O–H groups in total. The van der Waals surface area contributed by atoms with E-state index in [0.717, 1.165) is 12.5 Å². The van der Waals surface area contributed by atoms with Crippen molar-refractivity contribution in [2.75, 3.05) is 0 Å². The molecule has 0 saturated heterocycles. The van der Waals surface area contributed by atoms with Crippen molar-refractivity contribution in [3.8, 4) is 0 Å². The minimum Gasteiger partial charge on any atom is -0.0861 e. The van der Waals surface area contributed by atoms with Crippen molar-refractivity contribution < 1.29 is 0 Å². The highest BCUT2D eigenvalue weighted by molar-refractivity contribution is 6.57. The van der Waals surface area contributed by atoms with E-state index in [9.17, 15) is 0 Å². The van der Waals surface area contributed by atoms with Crippen LogP contribution in [0.3, 0.4) is 0 Å². The molecule has 0 aliphatic heterocycles. The van der Waals surface area contributed by atoms with E-state index in [1.165, 1.54) is 19.3 Å². The van der Waals surface area contributed by atoms with Gasteiger partial charge < -0.3 is 0 Å². The lowest BCUT2D eigenvalue weighted by Crippen LogP contribution is -2.10. The summed E-state index contributed by atoms with van der Waals surface area (Å²) in [7, 11) is 0. The second-order valence-corrected chi connectivity index (χ2v) is 3.20. The van der Waals surface area contributed by atoms with Crippen molar-refractivity contribution >= 4 is 6.71 Å². The van der Waals surface area contributed by atoms with Crippen molar-refractivity contribution in [2.45, 2.75) is 52.6 Å². The number of hydrogen-bond acceptors (Lipinski definition) is 0. The highest BCUT2D eigenvalue weighted by atomic mass is 14.0. The SMILES string of the molecule is CCCC(CC)B(C)C. The van der Waals surface area contributed by atoms with E-state index in [1.807, 2.05) is 0 Å². The molecule has 0 aromatic carbocycles. The standard InChI is InChI=1S/C8H19B/c1-5-7-8(6-2)9(3)4/h8H,5-7H2,1-4H3. The molecule has 0 nitrogen and oxygen atoms in total. The molecule has 0 heterocycles. The van der Waals surface area contributed by atoms with Crippen LogP contribution < -0.4 is 0 Å². The Morgan fingerprint density at radius 2 is 1.78 bits per heavy atom. The molecule has 0 radical (unpaired) electrons. The molecule has 0 aliphatic carbocycles. The first-order valence-electron chi connectivity index (χ1n) is 4.22. The van der Waals surface area contributed by atoms with Crippen LogP contribution in [-0.2, 0) is 0 Å². The van der Waals surface area contributed by atoms with Gasteiger partial charge in [-0.05, 0) is 0 Å². The van der Waals surface area contributed by atoms with Crippen LogP contribution in [0.1, 0.15) is 33.1 Å². The molecule has 1 atom stereocenters. The molecule has 0 aromatic heterocycles. The lowest BCUT2D eigenvalue weighted by atomic mass is 9.43. The third-order valence-corrected chi connectivity index (χ3v) is 2.13. The molecule has 0 aromatic rings. The maximum atomic E-state index is 2.32. The van der Waals surface area contributed by atoms with Crippen LogP contribution in [0.25, 0.3) is 0 Å². The molecule has 1 unspecified atom stereocenters. The third-order valence-electron chi connectivity index (χ3n) is 2.13. The normalized spacial score (nSPS) is 13.3. The molecule has 0 amide bonds. The summed E-state index contributed by atoms with van der Waals surface area (Å²) in [5, 5.41) is 0. The van der Waals surface area contributed by atoms with E-state index in [1.54, 1.807) is 0 Å². The molecule has 0 spiro atoms. The van der Waals surface area contributed by atoms with Crippen molar-refractivity contribution in [1.29, 1.82) is 0 Å². The van der Waals surface area contributed by atoms with Crippen molar-refractivity contribution in [3.63, 3.8) is 0 Å². The van der Waals surface area contributed by atoms with Gasteiger partial charge in [-0.2, -0.15) is 0 Å². The quantitative estimate of drug-likeness (QED) is 0.507. The minimum absolute atomic E-state index is 0.884. The van der Waals surface area contributed by atoms with Crippen LogP contribution in [0.2, 0.25) is 19.5 Å². The van der Waals surface area contributed by atoms with Crippen molar-refractivity contribution in [3.05, 3.63) is 0 Å². The van der Waals surface area contributed by atoms with Gasteiger partial charge in [0.1, 0.15) is 6.71 Å². The zero-order valence-corrected chi connectivity index (χ0v) is 7.28. The molecule has 0 bridgehead atoms. The highest BCUT2D eigenvalue weighted by Crippen LogP contribution is 2.20. The van der Waals surface area contributed by atoms with Gasteiger partial charge in [-0.1, -0.05) is 52.6 Å². The summed E-state index contributed by atoms with van der Waals surface area (Å²) in [5.41, 5.74) is 0. The van der Waals surface area contributed by atoms with Gasteiger partial charge >= 0.3 is 0 Å². The van der Waals surface area contributed by atoms with Crippen molar-refractivity contribution in [2.24, 2.45) is 0 Å². The van der Waals surface area contributed by atoms with Gasteiger partial charge in [-0.3, -0.25) is 0 Å². The average Bonchev–Trinajstić information content (AvgIpc) is 1.82. The molecule has 0 aliphatic rings. The first kappa shape index (κ1) is 9.06. The lowest BCUT2D eigenvalue weighted by Gasteiger charge is -2.14. The summed E-state index contributed by atoms with van der Waals surface area (Å²) in [6.45, 7) is 10.1. The molecular weight excluding hydrogens is 107 g/mol. The zero-order chi connectivity index (χ0) is 7.28. The predicted molar refractivity (Wildman–Crippen MR) is 46.4 cm³/mol. The molecule has 9 heavy (non-hydrogen) atoms. The van der Waals surface area contributed by atoms with Gasteiger partial charge in [0.25, 0.3) is 0 Å². The topological polar surface area (TPSA) is 0 Å². The first-order chi connectivity index (χ1) is 4.22. The molecule has 0 fully saturated rings. The monoisotopic (exact) mass is 126 g/mol. The van der Waals surface area contributed by atoms with E-state index < -0.39 is 0 Å². The third kappa shape index (κ3) is 3.61. The predicted octanol–water partition coefficient (Wildman–Crippen LogP) is 3.32. The Morgan fingerprint density at radius 3 is 1.89 bits per heavy atom. The molecule has 0 rings (SSSR count). The first-order valence-corrected chi connectivity index (χ1v) is 4.22. The summed E-state index contributed by atoms with van der Waals surface area (Å²) < 4.78 is 0. The van der Waals surface area contributed by atoms with E-state index in [0.29, 0.717) is 0 Å². The molecule has 54 valence electrons. The van der Waals surface area contributed by atoms with Gasteiger partial charge in [0.15, 0.2) is 0 Å². The second-order valence-electron chi connectivity index (χ2n) is 3.20. The largest absolute Gasteiger partial charge is 0.136 e. The maximum Gasteiger partial charge on any atom is 0.136 e. The lowest BCUT2D eigenvalue weighted by molar-refractivity contribution is 0.687. The van der Waals surface area contributed by atoms with E-state index in [4.69, 9.17) is 0 Å². The van der Waals surface area contributed by atoms with Gasteiger partial charge in [0, 0.05) is 0 Å². The Labute approximate surface area is 60.1 Å². The fourth-order valence-electron chi connectivity index (χ4n) is 1.38. The zero-order valence-electron chi connectivity index (χ0n) is 7.28. The maximum absolute atomic E-state index is 2.32. The van der Waals surface area contributed by atoms with E-state index >= 15 is 0 Å². The van der Waals surface area contributed by atoms with Crippen LogP contribution >= 0.6 is 0 Å². The fraction of sp³-hybridized carbons (Fsp3) is 1.00. The van der Waals surface area contributed by atoms with Gasteiger partial charge in [0.2, 0.25) is 0 Å². The van der Waals surface area contributed by atoms with Gasteiger partial charge in [0.05, 0.1) is 0 Å². The van der Waals surface area contributed by atoms with Crippen LogP contribution in [0.4, 0.5) is 0 Å². The molecule has 0 saturated carbocycles. The van der Waals surface area contributed by atoms with E-state index in [-0.39, 0.29) is 0 Å².